The summed E-state index contributed by atoms with van der Waals surface area (Å²) >= 11 is 5.80. The van der Waals surface area contributed by atoms with E-state index in [1.165, 1.54) is 24.3 Å². The van der Waals surface area contributed by atoms with Gasteiger partial charge in [0.2, 0.25) is 5.75 Å². The lowest BCUT2D eigenvalue weighted by atomic mass is 10.2. The number of halogens is 4. The number of hydrogen-bond donors (Lipinski definition) is 2. The maximum Gasteiger partial charge on any atom is 0.417 e. The summed E-state index contributed by atoms with van der Waals surface area (Å²) in [5, 5.41) is 15.8. The number of amides is 2. The predicted octanol–water partition coefficient (Wildman–Crippen LogP) is 9.32. The summed E-state index contributed by atoms with van der Waals surface area (Å²) in [6.45, 7) is 3.85. The van der Waals surface area contributed by atoms with Crippen molar-refractivity contribution in [1.29, 1.82) is 0 Å². The first-order valence-corrected chi connectivity index (χ1v) is 13.8. The lowest BCUT2D eigenvalue weighted by Gasteiger charge is -2.12. The first-order valence-electron chi connectivity index (χ1n) is 13.4. The Kier molecular flexibility index (Phi) is 12.6. The number of anilines is 2. The molecule has 0 aromatic heterocycles. The van der Waals surface area contributed by atoms with Crippen LogP contribution in [0.1, 0.15) is 19.4 Å². The predicted molar refractivity (Wildman–Crippen MR) is 164 cm³/mol. The summed E-state index contributed by atoms with van der Waals surface area (Å²) < 4.78 is 58.3. The van der Waals surface area contributed by atoms with Crippen molar-refractivity contribution in [1.82, 2.24) is 0 Å². The van der Waals surface area contributed by atoms with Gasteiger partial charge in [0.1, 0.15) is 17.2 Å². The number of alkyl halides is 3. The number of nitrogens with one attached hydrogen (secondary N) is 2. The molecule has 46 heavy (non-hydrogen) atoms. The van der Waals surface area contributed by atoms with E-state index in [9.17, 15) is 32.9 Å². The van der Waals surface area contributed by atoms with Crippen LogP contribution in [-0.2, 0) is 10.9 Å². The van der Waals surface area contributed by atoms with Crippen molar-refractivity contribution in [2.24, 2.45) is 0 Å². The van der Waals surface area contributed by atoms with Gasteiger partial charge in [-0.15, -0.1) is 0 Å². The first kappa shape index (κ1) is 35.0. The van der Waals surface area contributed by atoms with E-state index in [4.69, 9.17) is 30.5 Å². The zero-order valence-electron chi connectivity index (χ0n) is 24.3. The first-order chi connectivity index (χ1) is 21.9. The Morgan fingerprint density at radius 3 is 2.13 bits per heavy atom. The SMILES string of the molecule is CCOC(=O)Nc1cccc(OC(=O)Nc2ccccc2)c1.CCOc1cc(Oc2ccc(C(F)(F)F)cc2Cl)ccc1[N+](=O)[O-]. The molecule has 4 aromatic rings. The minimum atomic E-state index is -4.52. The van der Waals surface area contributed by atoms with Gasteiger partial charge in [-0.05, 0) is 62.4 Å². The monoisotopic (exact) mass is 661 g/mol. The highest BCUT2D eigenvalue weighted by Gasteiger charge is 2.31. The number of nitro benzene ring substituents is 1. The molecule has 0 bridgehead atoms. The van der Waals surface area contributed by atoms with E-state index >= 15 is 0 Å². The van der Waals surface area contributed by atoms with Crippen molar-refractivity contribution >= 4 is 40.8 Å². The van der Waals surface area contributed by atoms with E-state index in [0.717, 1.165) is 18.2 Å². The Labute approximate surface area is 265 Å². The molecule has 4 aromatic carbocycles. The Balaban J connectivity index is 0.000000251. The molecular formula is C31H27ClF3N3O8. The van der Waals surface area contributed by atoms with Gasteiger partial charge in [-0.2, -0.15) is 13.2 Å². The van der Waals surface area contributed by atoms with Crippen LogP contribution in [0.15, 0.2) is 91.0 Å². The van der Waals surface area contributed by atoms with Crippen molar-refractivity contribution in [3.8, 4) is 23.0 Å². The third-order valence-corrected chi connectivity index (χ3v) is 5.80. The van der Waals surface area contributed by atoms with Crippen molar-refractivity contribution in [3.05, 3.63) is 112 Å². The fourth-order valence-electron chi connectivity index (χ4n) is 3.56. The summed E-state index contributed by atoms with van der Waals surface area (Å²) in [6.07, 6.45) is -5.69. The van der Waals surface area contributed by atoms with E-state index < -0.39 is 28.8 Å². The highest BCUT2D eigenvalue weighted by atomic mass is 35.5. The molecule has 0 saturated carbocycles. The number of carbonyl (C=O) groups is 2. The summed E-state index contributed by atoms with van der Waals surface area (Å²) in [5.41, 5.74) is -0.0435. The molecule has 0 unspecified atom stereocenters. The van der Waals surface area contributed by atoms with Gasteiger partial charge in [0.25, 0.3) is 0 Å². The number of para-hydroxylation sites is 1. The minimum Gasteiger partial charge on any atom is -0.487 e. The van der Waals surface area contributed by atoms with E-state index in [0.29, 0.717) is 17.1 Å². The number of nitrogens with zero attached hydrogens (tertiary/aromatic N) is 1. The lowest BCUT2D eigenvalue weighted by Crippen LogP contribution is -2.17. The number of carbonyl (C=O) groups excluding carboxylic acids is 2. The number of nitro groups is 1. The highest BCUT2D eigenvalue weighted by Crippen LogP contribution is 2.38. The molecule has 0 heterocycles. The van der Waals surface area contributed by atoms with Crippen LogP contribution in [0.5, 0.6) is 23.0 Å². The molecule has 0 atom stereocenters. The van der Waals surface area contributed by atoms with Gasteiger partial charge in [0.05, 0.1) is 28.7 Å². The number of rotatable bonds is 9. The molecule has 0 aliphatic rings. The standard InChI is InChI=1S/C16H16N2O4.C15H11ClF3NO4/c1-2-21-15(19)18-13-9-6-10-14(11-13)22-16(20)17-12-7-4-3-5-8-12;1-2-23-14-8-10(4-5-12(14)20(21)22)24-13-6-3-9(7-11(13)16)15(17,18)19/h3-11H,2H2,1H3,(H,17,20)(H,18,19);3-8H,2H2,1H3. The Bertz CT molecular complexity index is 1660. The van der Waals surface area contributed by atoms with Gasteiger partial charge in [-0.1, -0.05) is 35.9 Å². The molecule has 0 spiro atoms. The fraction of sp³-hybridized carbons (Fsp3) is 0.161. The van der Waals surface area contributed by atoms with E-state index in [-0.39, 0.29) is 41.2 Å². The summed E-state index contributed by atoms with van der Waals surface area (Å²) in [7, 11) is 0. The van der Waals surface area contributed by atoms with Gasteiger partial charge < -0.3 is 18.9 Å². The number of hydrogen-bond acceptors (Lipinski definition) is 8. The van der Waals surface area contributed by atoms with Crippen LogP contribution in [-0.4, -0.2) is 30.3 Å². The second-order valence-corrected chi connectivity index (χ2v) is 9.23. The molecule has 0 radical (unpaired) electrons. The maximum atomic E-state index is 12.6. The molecule has 0 fully saturated rings. The van der Waals surface area contributed by atoms with Crippen LogP contribution in [0.3, 0.4) is 0 Å². The zero-order chi connectivity index (χ0) is 33.7. The van der Waals surface area contributed by atoms with Crippen LogP contribution >= 0.6 is 11.6 Å². The number of ether oxygens (including phenoxy) is 4. The molecular weight excluding hydrogens is 635 g/mol. The van der Waals surface area contributed by atoms with Gasteiger partial charge in [0.15, 0.2) is 0 Å². The van der Waals surface area contributed by atoms with E-state index in [1.807, 2.05) is 6.07 Å². The maximum absolute atomic E-state index is 12.6. The highest BCUT2D eigenvalue weighted by molar-refractivity contribution is 6.32. The third kappa shape index (κ3) is 10.9. The van der Waals surface area contributed by atoms with Crippen molar-refractivity contribution < 1.29 is 46.6 Å². The van der Waals surface area contributed by atoms with Gasteiger partial charge in [0, 0.05) is 29.6 Å². The van der Waals surface area contributed by atoms with E-state index in [1.54, 1.807) is 56.3 Å². The van der Waals surface area contributed by atoms with Crippen LogP contribution < -0.4 is 24.8 Å². The average molecular weight is 662 g/mol. The minimum absolute atomic E-state index is 0.0111. The topological polar surface area (TPSA) is 138 Å². The second-order valence-electron chi connectivity index (χ2n) is 8.82. The van der Waals surface area contributed by atoms with Crippen LogP contribution in [0.4, 0.5) is 39.8 Å². The molecule has 0 aliphatic heterocycles. The average Bonchev–Trinajstić information content (AvgIpc) is 2.99. The van der Waals surface area contributed by atoms with Crippen LogP contribution in [0, 0.1) is 10.1 Å². The number of benzene rings is 4. The van der Waals surface area contributed by atoms with Crippen molar-refractivity contribution in [3.63, 3.8) is 0 Å². The molecule has 0 aliphatic carbocycles. The lowest BCUT2D eigenvalue weighted by molar-refractivity contribution is -0.385. The Morgan fingerprint density at radius 1 is 0.804 bits per heavy atom. The van der Waals surface area contributed by atoms with E-state index in [2.05, 4.69) is 10.6 Å². The fourth-order valence-corrected chi connectivity index (χ4v) is 3.78. The summed E-state index contributed by atoms with van der Waals surface area (Å²) in [4.78, 5) is 33.4. The Morgan fingerprint density at radius 2 is 1.50 bits per heavy atom. The summed E-state index contributed by atoms with van der Waals surface area (Å²) in [6, 6.07) is 21.8. The normalized spacial score (nSPS) is 10.5. The van der Waals surface area contributed by atoms with Gasteiger partial charge in [-0.25, -0.2) is 9.59 Å². The Hall–Kier alpha value is -5.50. The largest absolute Gasteiger partial charge is 0.487 e. The molecule has 15 heteroatoms. The quantitative estimate of drug-likeness (QED) is 0.134. The van der Waals surface area contributed by atoms with Crippen molar-refractivity contribution in [2.75, 3.05) is 23.8 Å². The molecule has 0 saturated heterocycles. The second kappa shape index (κ2) is 16.5. The van der Waals surface area contributed by atoms with Crippen molar-refractivity contribution in [2.45, 2.75) is 20.0 Å². The molecule has 242 valence electrons. The van der Waals surface area contributed by atoms with Gasteiger partial charge >= 0.3 is 24.1 Å². The zero-order valence-corrected chi connectivity index (χ0v) is 25.1. The van der Waals surface area contributed by atoms with Crippen LogP contribution in [0.25, 0.3) is 0 Å². The van der Waals surface area contributed by atoms with Crippen LogP contribution in [0.2, 0.25) is 5.02 Å². The molecule has 2 amide bonds. The molecule has 11 nitrogen and oxygen atoms in total. The van der Waals surface area contributed by atoms with Gasteiger partial charge in [-0.3, -0.25) is 20.7 Å². The molecule has 2 N–H and O–H groups in total. The smallest absolute Gasteiger partial charge is 0.417 e. The summed E-state index contributed by atoms with van der Waals surface area (Å²) in [5.74, 6) is 0.428. The molecule has 4 rings (SSSR count). The third-order valence-electron chi connectivity index (χ3n) is 5.50.